The van der Waals surface area contributed by atoms with Crippen molar-refractivity contribution in [1.29, 1.82) is 0 Å². The first-order valence-electron chi connectivity index (χ1n) is 6.94. The Morgan fingerprint density at radius 2 is 1.84 bits per heavy atom. The average molecular weight is 269 g/mol. The highest BCUT2D eigenvalue weighted by Crippen LogP contribution is 2.24. The van der Waals surface area contributed by atoms with Gasteiger partial charge in [-0.1, -0.05) is 13.8 Å². The van der Waals surface area contributed by atoms with E-state index in [-0.39, 0.29) is 42.5 Å². The standard InChI is InChI=1S/C14H23NO4/c1-4-11-8-15(13(17)5-2)9-12(11)19-14(18)7-6-10(3)16/h11-12H,4-9H2,1-3H3/t11-,12-/m1/s1. The van der Waals surface area contributed by atoms with E-state index in [0.29, 0.717) is 19.5 Å². The molecule has 1 aliphatic heterocycles. The Labute approximate surface area is 114 Å². The largest absolute Gasteiger partial charge is 0.460 e. The zero-order chi connectivity index (χ0) is 14.4. The summed E-state index contributed by atoms with van der Waals surface area (Å²) < 4.78 is 5.41. The molecule has 0 aliphatic carbocycles. The average Bonchev–Trinajstić information content (AvgIpc) is 2.78. The number of carbonyl (C=O) groups excluding carboxylic acids is 3. The molecular weight excluding hydrogens is 246 g/mol. The third-order valence-electron chi connectivity index (χ3n) is 3.52. The maximum absolute atomic E-state index is 11.7. The Bertz CT molecular complexity index is 353. The Balaban J connectivity index is 2.49. The van der Waals surface area contributed by atoms with Crippen molar-refractivity contribution in [1.82, 2.24) is 4.90 Å². The molecule has 5 nitrogen and oxygen atoms in total. The van der Waals surface area contributed by atoms with Crippen molar-refractivity contribution in [2.45, 2.75) is 52.6 Å². The molecule has 0 saturated carbocycles. The van der Waals surface area contributed by atoms with Gasteiger partial charge in [-0.25, -0.2) is 0 Å². The number of esters is 1. The van der Waals surface area contributed by atoms with Crippen LogP contribution in [0.3, 0.4) is 0 Å². The lowest BCUT2D eigenvalue weighted by molar-refractivity contribution is -0.151. The SMILES string of the molecule is CCC(=O)N1C[C@@H](CC)[C@H](OC(=O)CCC(C)=O)C1. The second-order valence-corrected chi connectivity index (χ2v) is 5.05. The lowest BCUT2D eigenvalue weighted by Crippen LogP contribution is -2.30. The summed E-state index contributed by atoms with van der Waals surface area (Å²) in [6.45, 7) is 6.46. The van der Waals surface area contributed by atoms with Crippen LogP contribution in [-0.2, 0) is 19.1 Å². The van der Waals surface area contributed by atoms with E-state index in [2.05, 4.69) is 0 Å². The number of nitrogens with zero attached hydrogens (tertiary/aromatic N) is 1. The number of rotatable bonds is 6. The molecule has 1 saturated heterocycles. The topological polar surface area (TPSA) is 63.7 Å². The molecule has 0 bridgehead atoms. The Kier molecular flexibility index (Phi) is 5.99. The highest BCUT2D eigenvalue weighted by molar-refractivity contribution is 5.81. The maximum Gasteiger partial charge on any atom is 0.306 e. The second kappa shape index (κ2) is 7.26. The van der Waals surface area contributed by atoms with Crippen molar-refractivity contribution in [3.05, 3.63) is 0 Å². The van der Waals surface area contributed by atoms with Crippen LogP contribution >= 0.6 is 0 Å². The summed E-state index contributed by atoms with van der Waals surface area (Å²) in [4.78, 5) is 35.9. The van der Waals surface area contributed by atoms with Crippen molar-refractivity contribution < 1.29 is 19.1 Å². The van der Waals surface area contributed by atoms with Crippen LogP contribution in [0.5, 0.6) is 0 Å². The molecule has 108 valence electrons. The summed E-state index contributed by atoms with van der Waals surface area (Å²) in [6.07, 6.45) is 1.48. The van der Waals surface area contributed by atoms with E-state index in [4.69, 9.17) is 4.74 Å². The van der Waals surface area contributed by atoms with Gasteiger partial charge >= 0.3 is 5.97 Å². The molecule has 1 amide bonds. The molecule has 1 rings (SSSR count). The number of Topliss-reactive ketones (excluding diaryl/α,β-unsaturated/α-hetero) is 1. The first-order chi connectivity index (χ1) is 8.97. The first-order valence-corrected chi connectivity index (χ1v) is 6.94. The van der Waals surface area contributed by atoms with Gasteiger partial charge in [0.25, 0.3) is 0 Å². The van der Waals surface area contributed by atoms with Gasteiger partial charge in [0.1, 0.15) is 11.9 Å². The molecule has 0 radical (unpaired) electrons. The minimum absolute atomic E-state index is 0.0156. The molecule has 0 aromatic carbocycles. The molecule has 0 N–H and O–H groups in total. The van der Waals surface area contributed by atoms with E-state index < -0.39 is 0 Å². The van der Waals surface area contributed by atoms with E-state index >= 15 is 0 Å². The van der Waals surface area contributed by atoms with E-state index in [1.54, 1.807) is 4.90 Å². The van der Waals surface area contributed by atoms with Crippen LogP contribution in [0.15, 0.2) is 0 Å². The summed E-state index contributed by atoms with van der Waals surface area (Å²) in [5.74, 6) is -0.0554. The normalized spacial score (nSPS) is 22.4. The second-order valence-electron chi connectivity index (χ2n) is 5.05. The molecule has 1 fully saturated rings. The molecule has 1 aliphatic rings. The predicted molar refractivity (Wildman–Crippen MR) is 70.4 cm³/mol. The van der Waals surface area contributed by atoms with Crippen molar-refractivity contribution >= 4 is 17.7 Å². The predicted octanol–water partition coefficient (Wildman–Crippen LogP) is 1.55. The van der Waals surface area contributed by atoms with Gasteiger partial charge in [-0.15, -0.1) is 0 Å². The van der Waals surface area contributed by atoms with Gasteiger partial charge in [0.2, 0.25) is 5.91 Å². The van der Waals surface area contributed by atoms with E-state index in [1.807, 2.05) is 13.8 Å². The van der Waals surface area contributed by atoms with Crippen molar-refractivity contribution in [2.75, 3.05) is 13.1 Å². The Morgan fingerprint density at radius 1 is 1.16 bits per heavy atom. The fourth-order valence-corrected chi connectivity index (χ4v) is 2.30. The Hall–Kier alpha value is -1.39. The molecule has 0 unspecified atom stereocenters. The van der Waals surface area contributed by atoms with Gasteiger partial charge in [0, 0.05) is 25.3 Å². The first kappa shape index (κ1) is 15.7. The minimum atomic E-state index is -0.343. The summed E-state index contributed by atoms with van der Waals surface area (Å²) in [7, 11) is 0. The lowest BCUT2D eigenvalue weighted by Gasteiger charge is -2.17. The molecule has 19 heavy (non-hydrogen) atoms. The van der Waals surface area contributed by atoms with Gasteiger partial charge in [-0.05, 0) is 13.3 Å². The van der Waals surface area contributed by atoms with Crippen LogP contribution in [0, 0.1) is 5.92 Å². The third-order valence-corrected chi connectivity index (χ3v) is 3.52. The molecule has 1 heterocycles. The van der Waals surface area contributed by atoms with Crippen LogP contribution < -0.4 is 0 Å². The number of hydrogen-bond donors (Lipinski definition) is 0. The van der Waals surface area contributed by atoms with Crippen molar-refractivity contribution in [2.24, 2.45) is 5.92 Å². The van der Waals surface area contributed by atoms with Crippen molar-refractivity contribution in [3.63, 3.8) is 0 Å². The molecule has 0 spiro atoms. The van der Waals surface area contributed by atoms with Crippen LogP contribution in [-0.4, -0.2) is 41.8 Å². The zero-order valence-corrected chi connectivity index (χ0v) is 12.0. The van der Waals surface area contributed by atoms with Crippen molar-refractivity contribution in [3.8, 4) is 0 Å². The van der Waals surface area contributed by atoms with E-state index in [0.717, 1.165) is 6.42 Å². The summed E-state index contributed by atoms with van der Waals surface area (Å²) in [5, 5.41) is 0. The summed E-state index contributed by atoms with van der Waals surface area (Å²) in [5.41, 5.74) is 0. The van der Waals surface area contributed by atoms with Gasteiger partial charge in [0.05, 0.1) is 13.0 Å². The van der Waals surface area contributed by atoms with Gasteiger partial charge in [0.15, 0.2) is 0 Å². The number of likely N-dealkylation sites (tertiary alicyclic amines) is 1. The zero-order valence-electron chi connectivity index (χ0n) is 12.0. The van der Waals surface area contributed by atoms with Crippen LogP contribution in [0.4, 0.5) is 0 Å². The lowest BCUT2D eigenvalue weighted by atomic mass is 10.0. The molecule has 0 aromatic rings. The minimum Gasteiger partial charge on any atom is -0.460 e. The molecule has 0 aromatic heterocycles. The third kappa shape index (κ3) is 4.65. The monoisotopic (exact) mass is 269 g/mol. The fraction of sp³-hybridized carbons (Fsp3) is 0.786. The van der Waals surface area contributed by atoms with Gasteiger partial charge in [-0.2, -0.15) is 0 Å². The fourth-order valence-electron chi connectivity index (χ4n) is 2.30. The van der Waals surface area contributed by atoms with Gasteiger partial charge in [-0.3, -0.25) is 9.59 Å². The highest BCUT2D eigenvalue weighted by atomic mass is 16.5. The summed E-state index contributed by atoms with van der Waals surface area (Å²) >= 11 is 0. The highest BCUT2D eigenvalue weighted by Gasteiger charge is 2.35. The number of ether oxygens (including phenoxy) is 1. The summed E-state index contributed by atoms with van der Waals surface area (Å²) in [6, 6.07) is 0. The Morgan fingerprint density at radius 3 is 2.37 bits per heavy atom. The quantitative estimate of drug-likeness (QED) is 0.686. The van der Waals surface area contributed by atoms with Crippen LogP contribution in [0.25, 0.3) is 0 Å². The maximum atomic E-state index is 11.7. The smallest absolute Gasteiger partial charge is 0.306 e. The van der Waals surface area contributed by atoms with E-state index in [1.165, 1.54) is 6.92 Å². The van der Waals surface area contributed by atoms with E-state index in [9.17, 15) is 14.4 Å². The van der Waals surface area contributed by atoms with Gasteiger partial charge < -0.3 is 14.4 Å². The van der Waals surface area contributed by atoms with Crippen LogP contribution in [0.1, 0.15) is 46.5 Å². The number of ketones is 1. The molecular formula is C14H23NO4. The number of carbonyl (C=O) groups is 3. The molecule has 5 heteroatoms. The molecule has 2 atom stereocenters. The van der Waals surface area contributed by atoms with Crippen LogP contribution in [0.2, 0.25) is 0 Å². The number of hydrogen-bond acceptors (Lipinski definition) is 4. The number of amides is 1.